The van der Waals surface area contributed by atoms with Crippen LogP contribution in [0.3, 0.4) is 0 Å². The smallest absolute Gasteiger partial charge is 0.258 e. The van der Waals surface area contributed by atoms with E-state index in [0.717, 1.165) is 11.3 Å². The van der Waals surface area contributed by atoms with Gasteiger partial charge in [0.1, 0.15) is 0 Å². The molecular formula is C13H9N3O4S2. The van der Waals surface area contributed by atoms with Crippen LogP contribution < -0.4 is 4.72 Å². The third-order valence-corrected chi connectivity index (χ3v) is 5.28. The number of aromatic nitrogens is 1. The van der Waals surface area contributed by atoms with E-state index in [-0.39, 0.29) is 15.7 Å². The Balaban J connectivity index is 1.96. The third-order valence-electron chi connectivity index (χ3n) is 2.86. The quantitative estimate of drug-likeness (QED) is 0.583. The average molecular weight is 335 g/mol. The SMILES string of the molecule is O=[N+]([O-])c1ccc2nc(NS(=O)(=O)c3ccccc3)sc2c1. The van der Waals surface area contributed by atoms with E-state index in [1.54, 1.807) is 18.2 Å². The van der Waals surface area contributed by atoms with E-state index in [1.807, 2.05) is 0 Å². The first-order valence-corrected chi connectivity index (χ1v) is 8.38. The number of hydrogen-bond acceptors (Lipinski definition) is 6. The third kappa shape index (κ3) is 2.76. The molecular weight excluding hydrogens is 326 g/mol. The van der Waals surface area contributed by atoms with Crippen LogP contribution in [0.5, 0.6) is 0 Å². The van der Waals surface area contributed by atoms with Crippen LogP contribution >= 0.6 is 11.3 Å². The Morgan fingerprint density at radius 1 is 1.14 bits per heavy atom. The van der Waals surface area contributed by atoms with Crippen LogP contribution in [0.1, 0.15) is 0 Å². The second-order valence-corrected chi connectivity index (χ2v) is 7.06. The molecule has 0 radical (unpaired) electrons. The number of nitrogens with zero attached hydrogens (tertiary/aromatic N) is 2. The fourth-order valence-corrected chi connectivity index (χ4v) is 4.00. The highest BCUT2D eigenvalue weighted by Gasteiger charge is 2.17. The Morgan fingerprint density at radius 3 is 2.55 bits per heavy atom. The Hall–Kier alpha value is -2.52. The molecule has 0 amide bonds. The highest BCUT2D eigenvalue weighted by molar-refractivity contribution is 7.93. The van der Waals surface area contributed by atoms with Crippen molar-refractivity contribution < 1.29 is 13.3 Å². The van der Waals surface area contributed by atoms with E-state index >= 15 is 0 Å². The topological polar surface area (TPSA) is 102 Å². The van der Waals surface area contributed by atoms with E-state index < -0.39 is 14.9 Å². The van der Waals surface area contributed by atoms with Gasteiger partial charge in [-0.3, -0.25) is 14.8 Å². The number of rotatable bonds is 4. The normalized spacial score (nSPS) is 11.5. The minimum Gasteiger partial charge on any atom is -0.258 e. The molecule has 112 valence electrons. The maximum absolute atomic E-state index is 12.2. The Morgan fingerprint density at radius 2 is 1.86 bits per heavy atom. The van der Waals surface area contributed by atoms with Crippen LogP contribution in [-0.2, 0) is 10.0 Å². The molecule has 1 aromatic heterocycles. The molecule has 0 spiro atoms. The van der Waals surface area contributed by atoms with Gasteiger partial charge in [0.25, 0.3) is 15.7 Å². The second-order valence-electron chi connectivity index (χ2n) is 4.35. The molecule has 7 nitrogen and oxygen atoms in total. The van der Waals surface area contributed by atoms with Crippen LogP contribution in [0.2, 0.25) is 0 Å². The summed E-state index contributed by atoms with van der Waals surface area (Å²) in [5.41, 5.74) is 0.440. The van der Waals surface area contributed by atoms with Crippen molar-refractivity contribution in [2.45, 2.75) is 4.90 Å². The second kappa shape index (κ2) is 5.35. The van der Waals surface area contributed by atoms with Crippen LogP contribution in [-0.4, -0.2) is 18.3 Å². The lowest BCUT2D eigenvalue weighted by atomic mass is 10.3. The van der Waals surface area contributed by atoms with Gasteiger partial charge in [-0.25, -0.2) is 13.4 Å². The van der Waals surface area contributed by atoms with E-state index in [9.17, 15) is 18.5 Å². The average Bonchev–Trinajstić information content (AvgIpc) is 2.88. The van der Waals surface area contributed by atoms with Crippen LogP contribution in [0.15, 0.2) is 53.4 Å². The minimum atomic E-state index is -3.72. The van der Waals surface area contributed by atoms with Gasteiger partial charge < -0.3 is 0 Å². The van der Waals surface area contributed by atoms with Crippen molar-refractivity contribution in [1.29, 1.82) is 0 Å². The maximum Gasteiger partial charge on any atom is 0.270 e. The van der Waals surface area contributed by atoms with Gasteiger partial charge in [0, 0.05) is 12.1 Å². The van der Waals surface area contributed by atoms with Crippen molar-refractivity contribution >= 4 is 42.4 Å². The van der Waals surface area contributed by atoms with Gasteiger partial charge in [0.15, 0.2) is 5.13 Å². The lowest BCUT2D eigenvalue weighted by Gasteiger charge is -2.03. The molecule has 22 heavy (non-hydrogen) atoms. The summed E-state index contributed by atoms with van der Waals surface area (Å²) in [7, 11) is -3.72. The molecule has 9 heteroatoms. The Labute approximate surface area is 129 Å². The highest BCUT2D eigenvalue weighted by Crippen LogP contribution is 2.30. The molecule has 1 heterocycles. The van der Waals surface area contributed by atoms with Gasteiger partial charge in [-0.05, 0) is 18.2 Å². The summed E-state index contributed by atoms with van der Waals surface area (Å²) in [4.78, 5) is 14.5. The number of nitrogens with one attached hydrogen (secondary N) is 1. The standard InChI is InChI=1S/C13H9N3O4S2/c17-16(18)9-6-7-11-12(8-9)21-13(14-11)15-22(19,20)10-4-2-1-3-5-10/h1-8H,(H,14,15). The summed E-state index contributed by atoms with van der Waals surface area (Å²) in [5, 5.41) is 10.9. The zero-order valence-corrected chi connectivity index (χ0v) is 12.6. The van der Waals surface area contributed by atoms with Crippen molar-refractivity contribution in [1.82, 2.24) is 4.98 Å². The molecule has 2 aromatic carbocycles. The Bertz CT molecular complexity index is 952. The molecule has 0 aliphatic rings. The molecule has 1 N–H and O–H groups in total. The van der Waals surface area contributed by atoms with Crippen molar-refractivity contribution in [3.05, 3.63) is 58.6 Å². The summed E-state index contributed by atoms with van der Waals surface area (Å²) in [6, 6.07) is 12.1. The first kappa shape index (κ1) is 14.4. The molecule has 0 bridgehead atoms. The summed E-state index contributed by atoms with van der Waals surface area (Å²) in [6.45, 7) is 0. The van der Waals surface area contributed by atoms with Crippen molar-refractivity contribution in [3.63, 3.8) is 0 Å². The lowest BCUT2D eigenvalue weighted by molar-refractivity contribution is -0.384. The number of hydrogen-bond donors (Lipinski definition) is 1. The van der Waals surface area contributed by atoms with Gasteiger partial charge in [-0.15, -0.1) is 0 Å². The predicted molar refractivity (Wildman–Crippen MR) is 83.5 cm³/mol. The highest BCUT2D eigenvalue weighted by atomic mass is 32.2. The lowest BCUT2D eigenvalue weighted by Crippen LogP contribution is -2.12. The number of thiazole rings is 1. The van der Waals surface area contributed by atoms with Crippen LogP contribution in [0.4, 0.5) is 10.8 Å². The first-order chi connectivity index (χ1) is 10.5. The molecule has 0 atom stereocenters. The summed E-state index contributed by atoms with van der Waals surface area (Å²) in [5.74, 6) is 0. The van der Waals surface area contributed by atoms with Crippen molar-refractivity contribution in [2.75, 3.05) is 4.72 Å². The van der Waals surface area contributed by atoms with Crippen LogP contribution in [0.25, 0.3) is 10.2 Å². The fourth-order valence-electron chi connectivity index (χ4n) is 1.84. The number of anilines is 1. The van der Waals surface area contributed by atoms with E-state index in [1.165, 1.54) is 30.3 Å². The van der Waals surface area contributed by atoms with Crippen molar-refractivity contribution in [2.24, 2.45) is 0 Å². The number of nitro benzene ring substituents is 1. The molecule has 0 aliphatic carbocycles. The van der Waals surface area contributed by atoms with Gasteiger partial charge in [-0.2, -0.15) is 0 Å². The summed E-state index contributed by atoms with van der Waals surface area (Å²) >= 11 is 1.04. The van der Waals surface area contributed by atoms with Gasteiger partial charge in [0.05, 0.1) is 20.0 Å². The molecule has 0 fully saturated rings. The van der Waals surface area contributed by atoms with Crippen LogP contribution in [0, 0.1) is 10.1 Å². The number of sulfonamides is 1. The van der Waals surface area contributed by atoms with Gasteiger partial charge >= 0.3 is 0 Å². The monoisotopic (exact) mass is 335 g/mol. The fraction of sp³-hybridized carbons (Fsp3) is 0. The largest absolute Gasteiger partial charge is 0.270 e. The van der Waals surface area contributed by atoms with Crippen molar-refractivity contribution in [3.8, 4) is 0 Å². The molecule has 0 saturated heterocycles. The zero-order chi connectivity index (χ0) is 15.7. The number of nitro groups is 1. The minimum absolute atomic E-state index is 0.0615. The van der Waals surface area contributed by atoms with E-state index in [2.05, 4.69) is 9.71 Å². The van der Waals surface area contributed by atoms with Gasteiger partial charge in [0.2, 0.25) is 0 Å². The summed E-state index contributed by atoms with van der Waals surface area (Å²) in [6.07, 6.45) is 0. The van der Waals surface area contributed by atoms with Gasteiger partial charge in [-0.1, -0.05) is 29.5 Å². The maximum atomic E-state index is 12.2. The number of fused-ring (bicyclic) bond motifs is 1. The number of non-ortho nitro benzene ring substituents is 1. The Kier molecular flexibility index (Phi) is 3.51. The molecule has 0 aliphatic heterocycles. The molecule has 0 saturated carbocycles. The summed E-state index contributed by atoms with van der Waals surface area (Å²) < 4.78 is 27.3. The first-order valence-electron chi connectivity index (χ1n) is 6.08. The molecule has 0 unspecified atom stereocenters. The van der Waals surface area contributed by atoms with E-state index in [0.29, 0.717) is 10.2 Å². The van der Waals surface area contributed by atoms with E-state index in [4.69, 9.17) is 0 Å². The number of benzene rings is 2. The molecule has 3 rings (SSSR count). The zero-order valence-electron chi connectivity index (χ0n) is 11.0. The molecule has 3 aromatic rings. The predicted octanol–water partition coefficient (Wildman–Crippen LogP) is 3.01.